The summed E-state index contributed by atoms with van der Waals surface area (Å²) in [5, 5.41) is 3.54. The third kappa shape index (κ3) is 4.78. The molecule has 0 bridgehead atoms. The van der Waals surface area contributed by atoms with Gasteiger partial charge in [0.25, 0.3) is 0 Å². The first-order valence-electron chi connectivity index (χ1n) is 8.00. The van der Waals surface area contributed by atoms with Gasteiger partial charge in [0.05, 0.1) is 13.2 Å². The molecule has 21 heavy (non-hydrogen) atoms. The normalized spacial score (nSPS) is 19.3. The van der Waals surface area contributed by atoms with Crippen LogP contribution in [-0.2, 0) is 17.8 Å². The molecule has 120 valence electrons. The van der Waals surface area contributed by atoms with E-state index in [1.54, 1.807) is 0 Å². The lowest BCUT2D eigenvalue weighted by atomic mass is 10.0. The summed E-state index contributed by atoms with van der Waals surface area (Å²) >= 11 is 1.93. The molecule has 0 amide bonds. The van der Waals surface area contributed by atoms with Crippen molar-refractivity contribution in [3.63, 3.8) is 0 Å². The van der Waals surface area contributed by atoms with Crippen LogP contribution in [0.2, 0.25) is 0 Å². The number of aryl methyl sites for hydroxylation is 1. The van der Waals surface area contributed by atoms with Crippen molar-refractivity contribution in [1.82, 2.24) is 10.2 Å². The van der Waals surface area contributed by atoms with Crippen molar-refractivity contribution < 1.29 is 4.74 Å². The van der Waals surface area contributed by atoms with E-state index in [4.69, 9.17) is 4.74 Å². The maximum atomic E-state index is 5.61. The average Bonchev–Trinajstić information content (AvgIpc) is 2.72. The molecule has 1 saturated heterocycles. The van der Waals surface area contributed by atoms with Gasteiger partial charge in [-0.15, -0.1) is 11.3 Å². The molecule has 0 aliphatic carbocycles. The van der Waals surface area contributed by atoms with Crippen LogP contribution in [0, 0.1) is 12.8 Å². The van der Waals surface area contributed by atoms with E-state index < -0.39 is 0 Å². The molecule has 4 heteroatoms. The predicted octanol–water partition coefficient (Wildman–Crippen LogP) is 3.41. The summed E-state index contributed by atoms with van der Waals surface area (Å²) in [4.78, 5) is 5.46. The fourth-order valence-corrected chi connectivity index (χ4v) is 3.73. The van der Waals surface area contributed by atoms with Crippen LogP contribution in [0.25, 0.3) is 0 Å². The van der Waals surface area contributed by atoms with Crippen LogP contribution in [0.3, 0.4) is 0 Å². The van der Waals surface area contributed by atoms with Crippen LogP contribution in [0.15, 0.2) is 6.07 Å². The summed E-state index contributed by atoms with van der Waals surface area (Å²) in [5.74, 6) is 0.708. The highest BCUT2D eigenvalue weighted by Gasteiger charge is 2.30. The van der Waals surface area contributed by atoms with Gasteiger partial charge in [-0.05, 0) is 44.9 Å². The van der Waals surface area contributed by atoms with Gasteiger partial charge in [0.2, 0.25) is 0 Å². The summed E-state index contributed by atoms with van der Waals surface area (Å²) in [6.07, 6.45) is 0. The van der Waals surface area contributed by atoms with Crippen LogP contribution >= 0.6 is 11.3 Å². The van der Waals surface area contributed by atoms with Gasteiger partial charge in [0, 0.05) is 34.9 Å². The Hall–Kier alpha value is -0.420. The monoisotopic (exact) mass is 310 g/mol. The minimum Gasteiger partial charge on any atom is -0.378 e. The largest absolute Gasteiger partial charge is 0.378 e. The van der Waals surface area contributed by atoms with E-state index in [-0.39, 0.29) is 5.54 Å². The van der Waals surface area contributed by atoms with E-state index >= 15 is 0 Å². The van der Waals surface area contributed by atoms with Crippen molar-refractivity contribution in [2.45, 2.75) is 53.2 Å². The number of morpholine rings is 1. The zero-order chi connectivity index (χ0) is 15.5. The summed E-state index contributed by atoms with van der Waals surface area (Å²) in [6, 6.07) is 2.39. The van der Waals surface area contributed by atoms with Gasteiger partial charge < -0.3 is 10.1 Å². The molecule has 1 fully saturated rings. The second-order valence-electron chi connectivity index (χ2n) is 7.11. The lowest BCUT2D eigenvalue weighted by Gasteiger charge is -2.42. The molecule has 2 heterocycles. The van der Waals surface area contributed by atoms with Crippen molar-refractivity contribution >= 4 is 11.3 Å². The Morgan fingerprint density at radius 2 is 2.19 bits per heavy atom. The molecule has 1 aliphatic heterocycles. The SMILES string of the molecule is Cc1sc(CNCC(C)C)cc1CN1CCOCC1(C)C. The van der Waals surface area contributed by atoms with E-state index in [0.29, 0.717) is 5.92 Å². The highest BCUT2D eigenvalue weighted by molar-refractivity contribution is 7.12. The third-order valence-electron chi connectivity index (χ3n) is 4.10. The number of rotatable bonds is 6. The number of nitrogens with zero attached hydrogens (tertiary/aromatic N) is 1. The molecule has 0 spiro atoms. The number of hydrogen-bond acceptors (Lipinski definition) is 4. The molecule has 3 nitrogen and oxygen atoms in total. The minimum atomic E-state index is 0.142. The number of nitrogens with one attached hydrogen (secondary N) is 1. The number of hydrogen-bond donors (Lipinski definition) is 1. The second kappa shape index (κ2) is 7.23. The Kier molecular flexibility index (Phi) is 5.83. The summed E-state index contributed by atoms with van der Waals surface area (Å²) in [7, 11) is 0. The fraction of sp³-hybridized carbons (Fsp3) is 0.765. The lowest BCUT2D eigenvalue weighted by Crippen LogP contribution is -2.52. The molecule has 1 aromatic heterocycles. The van der Waals surface area contributed by atoms with Crippen LogP contribution in [-0.4, -0.2) is 36.7 Å². The molecule has 0 atom stereocenters. The van der Waals surface area contributed by atoms with Gasteiger partial charge in [0.15, 0.2) is 0 Å². The molecule has 1 N–H and O–H groups in total. The molecule has 0 aromatic carbocycles. The lowest BCUT2D eigenvalue weighted by molar-refractivity contribution is -0.0553. The van der Waals surface area contributed by atoms with Crippen LogP contribution in [0.4, 0.5) is 0 Å². The third-order valence-corrected chi connectivity index (χ3v) is 5.19. The van der Waals surface area contributed by atoms with Crippen molar-refractivity contribution in [2.75, 3.05) is 26.3 Å². The van der Waals surface area contributed by atoms with E-state index in [9.17, 15) is 0 Å². The Bertz CT molecular complexity index is 454. The number of thiophene rings is 1. The highest BCUT2D eigenvalue weighted by atomic mass is 32.1. The standard InChI is InChI=1S/C17H30N2OS/c1-13(2)9-18-10-16-8-15(14(3)21-16)11-19-6-7-20-12-17(19,4)5/h8,13,18H,6-7,9-12H2,1-5H3. The summed E-state index contributed by atoms with van der Waals surface area (Å²) < 4.78 is 5.61. The molecule has 2 rings (SSSR count). The zero-order valence-electron chi connectivity index (χ0n) is 14.2. The predicted molar refractivity (Wildman–Crippen MR) is 90.9 cm³/mol. The first-order valence-corrected chi connectivity index (χ1v) is 8.82. The fourth-order valence-electron chi connectivity index (χ4n) is 2.71. The smallest absolute Gasteiger partial charge is 0.0645 e. The molecule has 0 radical (unpaired) electrons. The summed E-state index contributed by atoms with van der Waals surface area (Å²) in [6.45, 7) is 17.1. The molecule has 0 unspecified atom stereocenters. The van der Waals surface area contributed by atoms with Gasteiger partial charge in [-0.25, -0.2) is 0 Å². The van der Waals surface area contributed by atoms with Gasteiger partial charge in [0.1, 0.15) is 0 Å². The summed E-state index contributed by atoms with van der Waals surface area (Å²) in [5.41, 5.74) is 1.62. The van der Waals surface area contributed by atoms with Gasteiger partial charge in [-0.2, -0.15) is 0 Å². The van der Waals surface area contributed by atoms with Crippen LogP contribution in [0.1, 0.15) is 43.0 Å². The Labute approximate surface area is 133 Å². The van der Waals surface area contributed by atoms with E-state index in [1.165, 1.54) is 15.3 Å². The average molecular weight is 311 g/mol. The minimum absolute atomic E-state index is 0.142. The van der Waals surface area contributed by atoms with Gasteiger partial charge >= 0.3 is 0 Å². The molecule has 1 aliphatic rings. The van der Waals surface area contributed by atoms with E-state index in [1.807, 2.05) is 11.3 Å². The second-order valence-corrected chi connectivity index (χ2v) is 8.45. The Morgan fingerprint density at radius 3 is 2.86 bits per heavy atom. The quantitative estimate of drug-likeness (QED) is 0.871. The highest BCUT2D eigenvalue weighted by Crippen LogP contribution is 2.27. The van der Waals surface area contributed by atoms with E-state index in [2.05, 4.69) is 50.9 Å². The maximum absolute atomic E-state index is 5.61. The van der Waals surface area contributed by atoms with Crippen LogP contribution in [0.5, 0.6) is 0 Å². The van der Waals surface area contributed by atoms with Crippen LogP contribution < -0.4 is 5.32 Å². The van der Waals surface area contributed by atoms with Gasteiger partial charge in [-0.3, -0.25) is 4.90 Å². The van der Waals surface area contributed by atoms with Crippen molar-refractivity contribution in [3.05, 3.63) is 21.4 Å². The first kappa shape index (κ1) is 16.9. The van der Waals surface area contributed by atoms with Crippen molar-refractivity contribution in [3.8, 4) is 0 Å². The van der Waals surface area contributed by atoms with Crippen molar-refractivity contribution in [1.29, 1.82) is 0 Å². The Balaban J connectivity index is 1.95. The Morgan fingerprint density at radius 1 is 1.43 bits per heavy atom. The first-order chi connectivity index (χ1) is 9.88. The molecular weight excluding hydrogens is 280 g/mol. The van der Waals surface area contributed by atoms with Crippen molar-refractivity contribution in [2.24, 2.45) is 5.92 Å². The zero-order valence-corrected chi connectivity index (χ0v) is 15.0. The molecular formula is C17H30N2OS. The van der Waals surface area contributed by atoms with Gasteiger partial charge in [-0.1, -0.05) is 13.8 Å². The van der Waals surface area contributed by atoms with E-state index in [0.717, 1.165) is 39.4 Å². The maximum Gasteiger partial charge on any atom is 0.0645 e. The molecule has 0 saturated carbocycles. The molecule has 1 aromatic rings. The topological polar surface area (TPSA) is 24.5 Å². The number of ether oxygens (including phenoxy) is 1.